The van der Waals surface area contributed by atoms with E-state index in [1.165, 1.54) is 29.2 Å². The van der Waals surface area contributed by atoms with Crippen molar-refractivity contribution in [3.8, 4) is 0 Å². The first-order valence-corrected chi connectivity index (χ1v) is 7.83. The molecule has 0 radical (unpaired) electrons. The molecule has 100 valence electrons. The number of hydrogen-bond donors (Lipinski definition) is 0. The Bertz CT molecular complexity index is 650. The average molecular weight is 317 g/mol. The summed E-state index contributed by atoms with van der Waals surface area (Å²) in [4.78, 5) is 0. The first kappa shape index (κ1) is 13.2. The van der Waals surface area contributed by atoms with E-state index in [0.29, 0.717) is 10.8 Å². The lowest BCUT2D eigenvalue weighted by Gasteiger charge is -2.42. The summed E-state index contributed by atoms with van der Waals surface area (Å²) in [6.07, 6.45) is 2.54. The zero-order chi connectivity index (χ0) is 13.8. The smallest absolute Gasteiger partial charge is 0.0181 e. The number of halogens is 1. The molecule has 0 saturated heterocycles. The molecular formula is C18H21Br. The molecule has 2 aromatic carbocycles. The van der Waals surface area contributed by atoms with Crippen LogP contribution < -0.4 is 0 Å². The Morgan fingerprint density at radius 3 is 1.89 bits per heavy atom. The van der Waals surface area contributed by atoms with Crippen LogP contribution >= 0.6 is 15.9 Å². The van der Waals surface area contributed by atoms with Crippen molar-refractivity contribution in [1.82, 2.24) is 0 Å². The summed E-state index contributed by atoms with van der Waals surface area (Å²) in [6.45, 7) is 9.52. The van der Waals surface area contributed by atoms with Gasteiger partial charge in [-0.3, -0.25) is 0 Å². The van der Waals surface area contributed by atoms with Gasteiger partial charge in [0.25, 0.3) is 0 Å². The fourth-order valence-electron chi connectivity index (χ4n) is 3.28. The molecule has 0 amide bonds. The van der Waals surface area contributed by atoms with Gasteiger partial charge in [-0.05, 0) is 57.7 Å². The van der Waals surface area contributed by atoms with E-state index in [0.717, 1.165) is 4.47 Å². The van der Waals surface area contributed by atoms with Crippen LogP contribution in [0.15, 0.2) is 34.8 Å². The molecule has 19 heavy (non-hydrogen) atoms. The van der Waals surface area contributed by atoms with Crippen LogP contribution in [0.4, 0.5) is 0 Å². The predicted octanol–water partition coefficient (Wildman–Crippen LogP) is 5.95. The van der Waals surface area contributed by atoms with Crippen molar-refractivity contribution >= 4 is 26.7 Å². The molecule has 0 aromatic heterocycles. The van der Waals surface area contributed by atoms with E-state index in [2.05, 4.69) is 74.0 Å². The summed E-state index contributed by atoms with van der Waals surface area (Å²) >= 11 is 3.58. The van der Waals surface area contributed by atoms with E-state index in [1.807, 2.05) is 0 Å². The molecule has 1 heteroatoms. The summed E-state index contributed by atoms with van der Waals surface area (Å²) in [5.74, 6) is 0. The summed E-state index contributed by atoms with van der Waals surface area (Å²) < 4.78 is 1.16. The molecule has 0 bridgehead atoms. The van der Waals surface area contributed by atoms with Crippen molar-refractivity contribution < 1.29 is 0 Å². The standard InChI is InChI=1S/C18H21Br/c1-17(2)7-8-18(3,4)16-11-13-9-14(19)6-5-12(13)10-15(16)17/h5-6,9-11H,7-8H2,1-4H3. The Morgan fingerprint density at radius 1 is 0.789 bits per heavy atom. The maximum Gasteiger partial charge on any atom is 0.0181 e. The van der Waals surface area contributed by atoms with Crippen molar-refractivity contribution in [1.29, 1.82) is 0 Å². The summed E-state index contributed by atoms with van der Waals surface area (Å²) in [5, 5.41) is 2.70. The number of benzene rings is 2. The average Bonchev–Trinajstić information content (AvgIpc) is 2.33. The van der Waals surface area contributed by atoms with Crippen LogP contribution in [0, 0.1) is 0 Å². The van der Waals surface area contributed by atoms with Crippen LogP contribution in [0.2, 0.25) is 0 Å². The van der Waals surface area contributed by atoms with Crippen LogP contribution in [0.5, 0.6) is 0 Å². The second kappa shape index (κ2) is 4.09. The topological polar surface area (TPSA) is 0 Å². The highest BCUT2D eigenvalue weighted by Gasteiger charge is 2.36. The molecule has 0 N–H and O–H groups in total. The van der Waals surface area contributed by atoms with Crippen LogP contribution in [-0.4, -0.2) is 0 Å². The van der Waals surface area contributed by atoms with Gasteiger partial charge in [-0.25, -0.2) is 0 Å². The van der Waals surface area contributed by atoms with Crippen molar-refractivity contribution in [2.24, 2.45) is 0 Å². The van der Waals surface area contributed by atoms with Gasteiger partial charge in [-0.15, -0.1) is 0 Å². The third-order valence-corrected chi connectivity index (χ3v) is 5.27. The molecule has 0 aliphatic heterocycles. The van der Waals surface area contributed by atoms with Crippen LogP contribution in [0.3, 0.4) is 0 Å². The number of fused-ring (bicyclic) bond motifs is 2. The van der Waals surface area contributed by atoms with E-state index in [-0.39, 0.29) is 0 Å². The van der Waals surface area contributed by atoms with Gasteiger partial charge in [-0.1, -0.05) is 61.8 Å². The van der Waals surface area contributed by atoms with E-state index >= 15 is 0 Å². The quantitative estimate of drug-likeness (QED) is 0.563. The van der Waals surface area contributed by atoms with Crippen molar-refractivity contribution in [3.63, 3.8) is 0 Å². The molecule has 0 heterocycles. The Balaban J connectivity index is 2.35. The zero-order valence-corrected chi connectivity index (χ0v) is 13.8. The minimum Gasteiger partial charge on any atom is -0.0558 e. The zero-order valence-electron chi connectivity index (χ0n) is 12.2. The van der Waals surface area contributed by atoms with Crippen LogP contribution in [0.25, 0.3) is 10.8 Å². The Hall–Kier alpha value is -0.820. The third kappa shape index (κ3) is 2.12. The van der Waals surface area contributed by atoms with E-state index in [1.54, 1.807) is 5.56 Å². The first-order chi connectivity index (χ1) is 8.79. The highest BCUT2D eigenvalue weighted by atomic mass is 79.9. The first-order valence-electron chi connectivity index (χ1n) is 7.04. The monoisotopic (exact) mass is 316 g/mol. The molecule has 2 aromatic rings. The fraction of sp³-hybridized carbons (Fsp3) is 0.444. The lowest BCUT2D eigenvalue weighted by atomic mass is 9.63. The maximum atomic E-state index is 3.58. The molecule has 0 nitrogen and oxygen atoms in total. The second-order valence-corrected chi connectivity index (χ2v) is 8.07. The van der Waals surface area contributed by atoms with Crippen LogP contribution in [0.1, 0.15) is 51.7 Å². The Morgan fingerprint density at radius 2 is 1.32 bits per heavy atom. The number of hydrogen-bond acceptors (Lipinski definition) is 0. The van der Waals surface area contributed by atoms with Gasteiger partial charge < -0.3 is 0 Å². The predicted molar refractivity (Wildman–Crippen MR) is 86.9 cm³/mol. The molecule has 0 unspecified atom stereocenters. The molecule has 1 aliphatic rings. The highest BCUT2D eigenvalue weighted by Crippen LogP contribution is 2.47. The number of rotatable bonds is 0. The Kier molecular flexibility index (Phi) is 2.83. The normalized spacial score (nSPS) is 20.3. The van der Waals surface area contributed by atoms with Gasteiger partial charge >= 0.3 is 0 Å². The molecule has 0 fully saturated rings. The van der Waals surface area contributed by atoms with Gasteiger partial charge in [0.15, 0.2) is 0 Å². The summed E-state index contributed by atoms with van der Waals surface area (Å²) in [5.41, 5.74) is 3.67. The molecule has 0 saturated carbocycles. The van der Waals surface area contributed by atoms with E-state index < -0.39 is 0 Å². The van der Waals surface area contributed by atoms with E-state index in [4.69, 9.17) is 0 Å². The largest absolute Gasteiger partial charge is 0.0558 e. The molecule has 1 aliphatic carbocycles. The summed E-state index contributed by atoms with van der Waals surface area (Å²) in [6, 6.07) is 11.4. The highest BCUT2D eigenvalue weighted by molar-refractivity contribution is 9.10. The van der Waals surface area contributed by atoms with Gasteiger partial charge in [0.2, 0.25) is 0 Å². The van der Waals surface area contributed by atoms with Gasteiger partial charge in [-0.2, -0.15) is 0 Å². The van der Waals surface area contributed by atoms with Crippen molar-refractivity contribution in [2.45, 2.75) is 51.4 Å². The van der Waals surface area contributed by atoms with Gasteiger partial charge in [0.1, 0.15) is 0 Å². The fourth-order valence-corrected chi connectivity index (χ4v) is 3.66. The molecular weight excluding hydrogens is 296 g/mol. The second-order valence-electron chi connectivity index (χ2n) is 7.16. The lowest BCUT2D eigenvalue weighted by Crippen LogP contribution is -2.33. The third-order valence-electron chi connectivity index (χ3n) is 4.77. The lowest BCUT2D eigenvalue weighted by molar-refractivity contribution is 0.332. The summed E-state index contributed by atoms with van der Waals surface area (Å²) in [7, 11) is 0. The molecule has 0 atom stereocenters. The van der Waals surface area contributed by atoms with Gasteiger partial charge in [0, 0.05) is 4.47 Å². The van der Waals surface area contributed by atoms with Crippen LogP contribution in [-0.2, 0) is 10.8 Å². The minimum absolute atomic E-state index is 0.293. The van der Waals surface area contributed by atoms with E-state index in [9.17, 15) is 0 Å². The maximum absolute atomic E-state index is 3.58. The minimum atomic E-state index is 0.293. The van der Waals surface area contributed by atoms with Gasteiger partial charge in [0.05, 0.1) is 0 Å². The Labute approximate surface area is 124 Å². The molecule has 3 rings (SSSR count). The SMILES string of the molecule is CC1(C)CCC(C)(C)c2cc3cc(Br)ccc3cc21. The molecule has 0 spiro atoms. The van der Waals surface area contributed by atoms with Crippen molar-refractivity contribution in [2.75, 3.05) is 0 Å². The van der Waals surface area contributed by atoms with Crippen molar-refractivity contribution in [3.05, 3.63) is 45.9 Å².